The highest BCUT2D eigenvalue weighted by molar-refractivity contribution is 5.86. The number of nitrogens with zero attached hydrogens (tertiary/aromatic N) is 1. The summed E-state index contributed by atoms with van der Waals surface area (Å²) in [6.45, 7) is 0. The van der Waals surface area contributed by atoms with Crippen LogP contribution in [0.3, 0.4) is 0 Å². The molecule has 3 N–H and O–H groups in total. The first-order valence-electron chi connectivity index (χ1n) is 4.22. The Labute approximate surface area is 84.8 Å². The SMILES string of the molecule is Nc1nc2cc(/C=C/C(=O)O)ccc2o1. The van der Waals surface area contributed by atoms with Gasteiger partial charge < -0.3 is 15.3 Å². The first-order valence-corrected chi connectivity index (χ1v) is 4.22. The fourth-order valence-corrected chi connectivity index (χ4v) is 1.23. The second kappa shape index (κ2) is 3.45. The fourth-order valence-electron chi connectivity index (χ4n) is 1.23. The summed E-state index contributed by atoms with van der Waals surface area (Å²) >= 11 is 0. The topological polar surface area (TPSA) is 89.3 Å². The highest BCUT2D eigenvalue weighted by Gasteiger charge is 2.02. The largest absolute Gasteiger partial charge is 0.478 e. The molecule has 1 heterocycles. The number of oxazole rings is 1. The molecule has 0 unspecified atom stereocenters. The van der Waals surface area contributed by atoms with Gasteiger partial charge in [-0.3, -0.25) is 0 Å². The van der Waals surface area contributed by atoms with E-state index in [0.29, 0.717) is 11.1 Å². The third-order valence-electron chi connectivity index (χ3n) is 1.85. The Bertz CT molecular complexity index is 543. The Morgan fingerprint density at radius 1 is 1.53 bits per heavy atom. The van der Waals surface area contributed by atoms with E-state index in [9.17, 15) is 4.79 Å². The third kappa shape index (κ3) is 1.96. The average Bonchev–Trinajstić information content (AvgIpc) is 2.53. The minimum absolute atomic E-state index is 0.101. The van der Waals surface area contributed by atoms with Gasteiger partial charge in [-0.1, -0.05) is 6.07 Å². The Morgan fingerprint density at radius 2 is 2.33 bits per heavy atom. The lowest BCUT2D eigenvalue weighted by molar-refractivity contribution is -0.131. The maximum absolute atomic E-state index is 10.3. The molecule has 0 saturated carbocycles. The lowest BCUT2D eigenvalue weighted by Gasteiger charge is -1.90. The molecule has 0 aliphatic rings. The Kier molecular flexibility index (Phi) is 2.13. The minimum Gasteiger partial charge on any atom is -0.478 e. The molecule has 76 valence electrons. The number of nitrogen functional groups attached to an aromatic ring is 1. The van der Waals surface area contributed by atoms with E-state index in [1.54, 1.807) is 18.2 Å². The van der Waals surface area contributed by atoms with Gasteiger partial charge in [-0.05, 0) is 23.8 Å². The molecule has 5 nitrogen and oxygen atoms in total. The normalized spacial score (nSPS) is 11.2. The third-order valence-corrected chi connectivity index (χ3v) is 1.85. The van der Waals surface area contributed by atoms with Crippen LogP contribution in [0.2, 0.25) is 0 Å². The maximum atomic E-state index is 10.3. The second-order valence-corrected chi connectivity index (χ2v) is 2.95. The average molecular weight is 204 g/mol. The fraction of sp³-hybridized carbons (Fsp3) is 0. The van der Waals surface area contributed by atoms with Crippen LogP contribution in [0, 0.1) is 0 Å². The van der Waals surface area contributed by atoms with Crippen LogP contribution in [-0.2, 0) is 4.79 Å². The summed E-state index contributed by atoms with van der Waals surface area (Å²) in [4.78, 5) is 14.2. The summed E-state index contributed by atoms with van der Waals surface area (Å²) < 4.78 is 5.07. The highest BCUT2D eigenvalue weighted by atomic mass is 16.4. The molecule has 0 atom stereocenters. The quantitative estimate of drug-likeness (QED) is 0.723. The van der Waals surface area contributed by atoms with Crippen molar-refractivity contribution in [2.75, 3.05) is 5.73 Å². The van der Waals surface area contributed by atoms with Crippen molar-refractivity contribution in [1.29, 1.82) is 0 Å². The van der Waals surface area contributed by atoms with Gasteiger partial charge in [0.25, 0.3) is 6.01 Å². The van der Waals surface area contributed by atoms with Crippen LogP contribution in [0.1, 0.15) is 5.56 Å². The molecule has 1 aromatic heterocycles. The second-order valence-electron chi connectivity index (χ2n) is 2.95. The van der Waals surface area contributed by atoms with Crippen molar-refractivity contribution >= 4 is 29.2 Å². The van der Waals surface area contributed by atoms with Gasteiger partial charge in [-0.15, -0.1) is 0 Å². The van der Waals surface area contributed by atoms with Crippen LogP contribution in [0.25, 0.3) is 17.2 Å². The van der Waals surface area contributed by atoms with Gasteiger partial charge in [-0.2, -0.15) is 4.98 Å². The van der Waals surface area contributed by atoms with Crippen LogP contribution >= 0.6 is 0 Å². The van der Waals surface area contributed by atoms with E-state index in [4.69, 9.17) is 15.3 Å². The van der Waals surface area contributed by atoms with E-state index in [0.717, 1.165) is 11.6 Å². The van der Waals surface area contributed by atoms with Gasteiger partial charge in [0.2, 0.25) is 0 Å². The summed E-state index contributed by atoms with van der Waals surface area (Å²) in [6, 6.07) is 5.23. The van der Waals surface area contributed by atoms with Crippen molar-refractivity contribution < 1.29 is 14.3 Å². The molecule has 15 heavy (non-hydrogen) atoms. The van der Waals surface area contributed by atoms with Crippen molar-refractivity contribution in [3.8, 4) is 0 Å². The molecule has 1 aromatic carbocycles. The molecular formula is C10H8N2O3. The van der Waals surface area contributed by atoms with Crippen molar-refractivity contribution in [3.05, 3.63) is 29.8 Å². The number of hydrogen-bond acceptors (Lipinski definition) is 4. The molecule has 0 spiro atoms. The zero-order valence-corrected chi connectivity index (χ0v) is 7.68. The molecular weight excluding hydrogens is 196 g/mol. The molecule has 5 heteroatoms. The molecule has 0 aliphatic carbocycles. The lowest BCUT2D eigenvalue weighted by atomic mass is 10.2. The predicted octanol–water partition coefficient (Wildman–Crippen LogP) is 1.51. The monoisotopic (exact) mass is 204 g/mol. The minimum atomic E-state index is -0.991. The number of fused-ring (bicyclic) bond motifs is 1. The maximum Gasteiger partial charge on any atom is 0.328 e. The molecule has 0 fully saturated rings. The number of nitrogens with two attached hydrogens (primary N) is 1. The van der Waals surface area contributed by atoms with E-state index >= 15 is 0 Å². The zero-order chi connectivity index (χ0) is 10.8. The molecule has 0 bridgehead atoms. The van der Waals surface area contributed by atoms with E-state index in [-0.39, 0.29) is 6.01 Å². The number of benzene rings is 1. The van der Waals surface area contributed by atoms with Crippen LogP contribution in [-0.4, -0.2) is 16.1 Å². The number of carboxylic acid groups (broad SMARTS) is 1. The van der Waals surface area contributed by atoms with Crippen molar-refractivity contribution in [2.24, 2.45) is 0 Å². The van der Waals surface area contributed by atoms with Crippen molar-refractivity contribution in [3.63, 3.8) is 0 Å². The highest BCUT2D eigenvalue weighted by Crippen LogP contribution is 2.18. The van der Waals surface area contributed by atoms with E-state index in [1.165, 1.54) is 6.08 Å². The van der Waals surface area contributed by atoms with Gasteiger partial charge in [-0.25, -0.2) is 4.79 Å². The van der Waals surface area contributed by atoms with Crippen LogP contribution in [0.15, 0.2) is 28.7 Å². The van der Waals surface area contributed by atoms with Crippen LogP contribution in [0.5, 0.6) is 0 Å². The number of aromatic nitrogens is 1. The molecule has 0 saturated heterocycles. The molecule has 2 rings (SSSR count). The Hall–Kier alpha value is -2.30. The Balaban J connectivity index is 2.42. The van der Waals surface area contributed by atoms with Gasteiger partial charge >= 0.3 is 5.97 Å². The molecule has 0 aliphatic heterocycles. The molecule has 2 aromatic rings. The number of hydrogen-bond donors (Lipinski definition) is 2. The number of aliphatic carboxylic acids is 1. The summed E-state index contributed by atoms with van der Waals surface area (Å²) in [5.41, 5.74) is 7.30. The van der Waals surface area contributed by atoms with Gasteiger partial charge in [0, 0.05) is 6.08 Å². The Morgan fingerprint density at radius 3 is 3.07 bits per heavy atom. The molecule has 0 amide bonds. The van der Waals surface area contributed by atoms with Gasteiger partial charge in [0.15, 0.2) is 5.58 Å². The smallest absolute Gasteiger partial charge is 0.328 e. The molecule has 0 radical (unpaired) electrons. The number of carboxylic acids is 1. The summed E-state index contributed by atoms with van der Waals surface area (Å²) in [6.07, 6.45) is 2.54. The number of rotatable bonds is 2. The summed E-state index contributed by atoms with van der Waals surface area (Å²) in [7, 11) is 0. The zero-order valence-electron chi connectivity index (χ0n) is 7.68. The van der Waals surface area contributed by atoms with E-state index < -0.39 is 5.97 Å². The van der Waals surface area contributed by atoms with Crippen molar-refractivity contribution in [2.45, 2.75) is 0 Å². The number of anilines is 1. The van der Waals surface area contributed by atoms with E-state index in [2.05, 4.69) is 4.98 Å². The standard InChI is InChI=1S/C10H8N2O3/c11-10-12-7-5-6(2-4-9(13)14)1-3-8(7)15-10/h1-5H,(H2,11,12)(H,13,14)/b4-2+. The van der Waals surface area contributed by atoms with Gasteiger partial charge in [0.05, 0.1) is 0 Å². The van der Waals surface area contributed by atoms with Crippen LogP contribution in [0.4, 0.5) is 6.01 Å². The van der Waals surface area contributed by atoms with Gasteiger partial charge in [0.1, 0.15) is 5.52 Å². The van der Waals surface area contributed by atoms with E-state index in [1.807, 2.05) is 0 Å². The first-order chi connectivity index (χ1) is 7.15. The summed E-state index contributed by atoms with van der Waals surface area (Å²) in [5, 5.41) is 8.45. The number of carbonyl (C=O) groups is 1. The van der Waals surface area contributed by atoms with Crippen molar-refractivity contribution in [1.82, 2.24) is 4.98 Å². The predicted molar refractivity (Wildman–Crippen MR) is 55.1 cm³/mol. The summed E-state index contributed by atoms with van der Waals surface area (Å²) in [5.74, 6) is -0.991. The lowest BCUT2D eigenvalue weighted by Crippen LogP contribution is -1.85. The first kappa shape index (κ1) is 9.26. The van der Waals surface area contributed by atoms with Crippen LogP contribution < -0.4 is 5.73 Å².